The molecule has 0 aromatic carbocycles. The Hall–Kier alpha value is -1.33. The van der Waals surface area contributed by atoms with Crippen LogP contribution in [0.2, 0.25) is 0 Å². The lowest BCUT2D eigenvalue weighted by Gasteiger charge is -2.21. The Morgan fingerprint density at radius 1 is 1.69 bits per heavy atom. The summed E-state index contributed by atoms with van der Waals surface area (Å²) in [4.78, 5) is 13.0. The Balaban J connectivity index is 2.02. The highest BCUT2D eigenvalue weighted by atomic mass is 16.5. The van der Waals surface area contributed by atoms with Gasteiger partial charge in [0.25, 0.3) is 0 Å². The van der Waals surface area contributed by atoms with E-state index in [9.17, 15) is 4.79 Å². The van der Waals surface area contributed by atoms with Crippen molar-refractivity contribution in [3.63, 3.8) is 0 Å². The van der Waals surface area contributed by atoms with Gasteiger partial charge in [0.1, 0.15) is 11.3 Å². The van der Waals surface area contributed by atoms with Crippen molar-refractivity contribution in [3.8, 4) is 0 Å². The van der Waals surface area contributed by atoms with Gasteiger partial charge in [-0.15, -0.1) is 0 Å². The molecule has 2 heterocycles. The molecule has 1 unspecified atom stereocenters. The lowest BCUT2D eigenvalue weighted by Crippen LogP contribution is -2.31. The second kappa shape index (κ2) is 4.67. The average molecular weight is 225 g/mol. The fourth-order valence-corrected chi connectivity index (χ4v) is 1.88. The number of carboxylic acid groups (broad SMARTS) is 1. The summed E-state index contributed by atoms with van der Waals surface area (Å²) in [5.41, 5.74) is 0.241. The molecule has 1 aromatic heterocycles. The number of carbonyl (C=O) groups is 1. The first kappa shape index (κ1) is 11.2. The number of hydrogen-bond donors (Lipinski definition) is 1. The quantitative estimate of drug-likeness (QED) is 0.834. The van der Waals surface area contributed by atoms with E-state index in [1.807, 2.05) is 7.05 Å². The zero-order valence-electron chi connectivity index (χ0n) is 9.18. The van der Waals surface area contributed by atoms with Crippen molar-refractivity contribution >= 4 is 5.97 Å². The van der Waals surface area contributed by atoms with Crippen LogP contribution >= 0.6 is 0 Å². The van der Waals surface area contributed by atoms with Crippen molar-refractivity contribution in [2.45, 2.75) is 19.0 Å². The molecule has 1 aliphatic heterocycles. The Morgan fingerprint density at radius 3 is 3.12 bits per heavy atom. The number of aromatic carboxylic acids is 1. The minimum Gasteiger partial charge on any atom is -0.478 e. The number of nitrogens with zero attached hydrogens (tertiary/aromatic N) is 1. The summed E-state index contributed by atoms with van der Waals surface area (Å²) in [7, 11) is 1.95. The van der Waals surface area contributed by atoms with E-state index >= 15 is 0 Å². The molecule has 0 radical (unpaired) electrons. The van der Waals surface area contributed by atoms with Crippen molar-refractivity contribution in [3.05, 3.63) is 23.7 Å². The molecule has 88 valence electrons. The van der Waals surface area contributed by atoms with Gasteiger partial charge < -0.3 is 14.3 Å². The third kappa shape index (κ3) is 2.25. The highest BCUT2D eigenvalue weighted by Crippen LogP contribution is 2.17. The van der Waals surface area contributed by atoms with Crippen LogP contribution < -0.4 is 0 Å². The summed E-state index contributed by atoms with van der Waals surface area (Å²) in [5.74, 6) is -0.443. The Morgan fingerprint density at radius 2 is 2.50 bits per heavy atom. The van der Waals surface area contributed by atoms with Gasteiger partial charge in [-0.05, 0) is 19.5 Å². The van der Waals surface area contributed by atoms with Crippen LogP contribution in [0.5, 0.6) is 0 Å². The third-order valence-electron chi connectivity index (χ3n) is 2.90. The van der Waals surface area contributed by atoms with Crippen molar-refractivity contribution in [2.75, 3.05) is 20.3 Å². The average Bonchev–Trinajstić information content (AvgIpc) is 2.86. The molecule has 0 bridgehead atoms. The number of hydrogen-bond acceptors (Lipinski definition) is 4. The van der Waals surface area contributed by atoms with Crippen LogP contribution in [0, 0.1) is 0 Å². The molecule has 0 saturated carbocycles. The smallest absolute Gasteiger partial charge is 0.339 e. The molecule has 1 aromatic rings. The Labute approximate surface area is 93.6 Å². The highest BCUT2D eigenvalue weighted by molar-refractivity contribution is 5.88. The largest absolute Gasteiger partial charge is 0.478 e. The van der Waals surface area contributed by atoms with E-state index in [1.165, 1.54) is 12.3 Å². The van der Waals surface area contributed by atoms with Gasteiger partial charge >= 0.3 is 5.97 Å². The maximum Gasteiger partial charge on any atom is 0.339 e. The number of likely N-dealkylation sites (N-methyl/N-ethyl adjacent to an activating group) is 1. The first-order valence-corrected chi connectivity index (χ1v) is 5.26. The third-order valence-corrected chi connectivity index (χ3v) is 2.90. The van der Waals surface area contributed by atoms with Crippen molar-refractivity contribution in [1.82, 2.24) is 4.90 Å². The molecule has 1 saturated heterocycles. The molecule has 16 heavy (non-hydrogen) atoms. The summed E-state index contributed by atoms with van der Waals surface area (Å²) in [5, 5.41) is 8.93. The molecule has 0 amide bonds. The molecule has 0 aliphatic carbocycles. The van der Waals surface area contributed by atoms with Gasteiger partial charge in [-0.2, -0.15) is 0 Å². The van der Waals surface area contributed by atoms with Gasteiger partial charge in [-0.3, -0.25) is 4.90 Å². The summed E-state index contributed by atoms with van der Waals surface area (Å²) < 4.78 is 10.5. The molecule has 2 rings (SSSR count). The first-order valence-electron chi connectivity index (χ1n) is 5.26. The van der Waals surface area contributed by atoms with E-state index in [2.05, 4.69) is 4.90 Å². The van der Waals surface area contributed by atoms with E-state index in [4.69, 9.17) is 14.3 Å². The summed E-state index contributed by atoms with van der Waals surface area (Å²) in [6.07, 6.45) is 2.40. The second-order valence-electron chi connectivity index (χ2n) is 4.00. The SMILES string of the molecule is CN(Cc1occc1C(=O)O)C1CCOC1. The highest BCUT2D eigenvalue weighted by Gasteiger charge is 2.23. The number of rotatable bonds is 4. The Bertz CT molecular complexity index is 368. The summed E-state index contributed by atoms with van der Waals surface area (Å²) in [6, 6.07) is 1.84. The molecule has 1 atom stereocenters. The molecular weight excluding hydrogens is 210 g/mol. The van der Waals surface area contributed by atoms with Gasteiger partial charge in [0.2, 0.25) is 0 Å². The molecule has 5 nitrogen and oxygen atoms in total. The van der Waals surface area contributed by atoms with E-state index in [1.54, 1.807) is 0 Å². The lowest BCUT2D eigenvalue weighted by atomic mass is 10.2. The van der Waals surface area contributed by atoms with E-state index in [0.29, 0.717) is 25.0 Å². The number of furan rings is 1. The van der Waals surface area contributed by atoms with Crippen LogP contribution in [0.15, 0.2) is 16.7 Å². The molecule has 1 N–H and O–H groups in total. The predicted molar refractivity (Wildman–Crippen MR) is 56.4 cm³/mol. The van der Waals surface area contributed by atoms with Crippen LogP contribution in [0.25, 0.3) is 0 Å². The van der Waals surface area contributed by atoms with Gasteiger partial charge in [0.05, 0.1) is 19.4 Å². The van der Waals surface area contributed by atoms with E-state index in [0.717, 1.165) is 13.0 Å². The summed E-state index contributed by atoms with van der Waals surface area (Å²) in [6.45, 7) is 1.99. The van der Waals surface area contributed by atoms with Crippen LogP contribution in [-0.4, -0.2) is 42.3 Å². The van der Waals surface area contributed by atoms with Gasteiger partial charge in [0.15, 0.2) is 0 Å². The molecular formula is C11H15NO4. The first-order chi connectivity index (χ1) is 7.68. The van der Waals surface area contributed by atoms with Gasteiger partial charge in [-0.1, -0.05) is 0 Å². The summed E-state index contributed by atoms with van der Waals surface area (Å²) >= 11 is 0. The molecule has 0 spiro atoms. The topological polar surface area (TPSA) is 62.9 Å². The zero-order valence-corrected chi connectivity index (χ0v) is 9.18. The maximum atomic E-state index is 10.9. The lowest BCUT2D eigenvalue weighted by molar-refractivity contribution is 0.0692. The predicted octanol–water partition coefficient (Wildman–Crippen LogP) is 1.20. The molecule has 1 fully saturated rings. The zero-order chi connectivity index (χ0) is 11.5. The molecule has 1 aliphatic rings. The van der Waals surface area contributed by atoms with Crippen molar-refractivity contribution in [1.29, 1.82) is 0 Å². The monoisotopic (exact) mass is 225 g/mol. The van der Waals surface area contributed by atoms with Crippen molar-refractivity contribution in [2.24, 2.45) is 0 Å². The van der Waals surface area contributed by atoms with Crippen molar-refractivity contribution < 1.29 is 19.1 Å². The van der Waals surface area contributed by atoms with Crippen LogP contribution in [-0.2, 0) is 11.3 Å². The van der Waals surface area contributed by atoms with E-state index in [-0.39, 0.29) is 5.56 Å². The maximum absolute atomic E-state index is 10.9. The van der Waals surface area contributed by atoms with Crippen LogP contribution in [0.1, 0.15) is 22.5 Å². The fraction of sp³-hybridized carbons (Fsp3) is 0.545. The number of ether oxygens (including phenoxy) is 1. The van der Waals surface area contributed by atoms with Crippen LogP contribution in [0.4, 0.5) is 0 Å². The fourth-order valence-electron chi connectivity index (χ4n) is 1.88. The second-order valence-corrected chi connectivity index (χ2v) is 4.00. The number of carboxylic acids is 1. The normalized spacial score (nSPS) is 20.5. The minimum atomic E-state index is -0.945. The van der Waals surface area contributed by atoms with Gasteiger partial charge in [-0.25, -0.2) is 4.79 Å². The molecule has 5 heteroatoms. The standard InChI is InChI=1S/C11H15NO4/c1-12(8-2-4-15-7-8)6-10-9(11(13)14)3-5-16-10/h3,5,8H,2,4,6-7H2,1H3,(H,13,14). The van der Waals surface area contributed by atoms with Gasteiger partial charge in [0, 0.05) is 12.6 Å². The van der Waals surface area contributed by atoms with E-state index < -0.39 is 5.97 Å². The Kier molecular flexibility index (Phi) is 3.26. The minimum absolute atomic E-state index is 0.241. The van der Waals surface area contributed by atoms with Crippen LogP contribution in [0.3, 0.4) is 0 Å².